The molecule has 9 nitrogen and oxygen atoms in total. The molecular weight excluding hydrogens is 438 g/mol. The number of sulfonamides is 1. The highest BCUT2D eigenvalue weighted by atomic mass is 32.2. The highest BCUT2D eigenvalue weighted by Gasteiger charge is 2.22. The summed E-state index contributed by atoms with van der Waals surface area (Å²) in [5, 5.41) is 16.9. The molecule has 0 spiro atoms. The lowest BCUT2D eigenvalue weighted by molar-refractivity contribution is 0.410. The van der Waals surface area contributed by atoms with E-state index in [1.54, 1.807) is 17.5 Å². The quantitative estimate of drug-likeness (QED) is 0.431. The van der Waals surface area contributed by atoms with Crippen LogP contribution in [0.25, 0.3) is 5.65 Å². The largest absolute Gasteiger partial charge is 0.367 e. The van der Waals surface area contributed by atoms with Gasteiger partial charge in [-0.2, -0.15) is 9.61 Å². The molecule has 1 aromatic carbocycles. The summed E-state index contributed by atoms with van der Waals surface area (Å²) in [7, 11) is -3.94. The van der Waals surface area contributed by atoms with Gasteiger partial charge in [0.25, 0.3) is 0 Å². The number of aromatic nitrogens is 3. The van der Waals surface area contributed by atoms with Crippen molar-refractivity contribution in [1.29, 1.82) is 0 Å². The molecule has 10 heteroatoms. The number of nitrogens with one attached hydrogen (secondary N) is 2. The highest BCUT2D eigenvalue weighted by molar-refractivity contribution is 7.89. The number of nitrogens with two attached hydrogens (primary N) is 2. The van der Waals surface area contributed by atoms with Crippen LogP contribution in [-0.2, 0) is 10.0 Å². The van der Waals surface area contributed by atoms with Crippen LogP contribution < -0.4 is 21.5 Å². The van der Waals surface area contributed by atoms with E-state index in [4.69, 9.17) is 15.9 Å². The molecule has 6 N–H and O–H groups in total. The van der Waals surface area contributed by atoms with Crippen LogP contribution in [0.3, 0.4) is 0 Å². The standard InChI is InChI=1S/C23H33N7O2S/c1-13(2)18-12-26-30-21(28-19-10-5-14(3)15(4)22(19)33(25,31)32)11-20(29-23(18)30)27-17-8-6-16(24)7-9-17/h5,10-13,16-17,28H,6-9,24H2,1-4H3,(H,27,29)(H2,25,31,32). The van der Waals surface area contributed by atoms with Gasteiger partial charge >= 0.3 is 0 Å². The SMILES string of the molecule is Cc1ccc(Nc2cc(NC3CCC(N)CC3)nc3c(C(C)C)cnn23)c(S(N)(=O)=O)c1C. The predicted octanol–water partition coefficient (Wildman–Crippen LogP) is 3.54. The van der Waals surface area contributed by atoms with E-state index in [-0.39, 0.29) is 16.9 Å². The Kier molecular flexibility index (Phi) is 6.35. The minimum atomic E-state index is -3.94. The van der Waals surface area contributed by atoms with Crippen LogP contribution >= 0.6 is 0 Å². The summed E-state index contributed by atoms with van der Waals surface area (Å²) in [5.41, 5.74) is 9.68. The van der Waals surface area contributed by atoms with Gasteiger partial charge in [0.2, 0.25) is 10.0 Å². The predicted molar refractivity (Wildman–Crippen MR) is 132 cm³/mol. The molecule has 1 aliphatic rings. The Balaban J connectivity index is 1.80. The summed E-state index contributed by atoms with van der Waals surface area (Å²) >= 11 is 0. The van der Waals surface area contributed by atoms with Gasteiger partial charge in [0.05, 0.1) is 11.9 Å². The molecule has 0 amide bonds. The van der Waals surface area contributed by atoms with E-state index in [2.05, 4.69) is 29.6 Å². The number of aryl methyl sites for hydroxylation is 1. The molecule has 0 radical (unpaired) electrons. The molecule has 178 valence electrons. The molecule has 0 unspecified atom stereocenters. The van der Waals surface area contributed by atoms with Crippen LogP contribution in [0.5, 0.6) is 0 Å². The van der Waals surface area contributed by atoms with Crippen molar-refractivity contribution >= 4 is 33.0 Å². The van der Waals surface area contributed by atoms with Gasteiger partial charge in [-0.05, 0) is 62.6 Å². The first-order chi connectivity index (χ1) is 15.5. The third kappa shape index (κ3) is 4.83. The summed E-state index contributed by atoms with van der Waals surface area (Å²) in [6.45, 7) is 7.81. The minimum absolute atomic E-state index is 0.0829. The average molecular weight is 472 g/mol. The first-order valence-electron chi connectivity index (χ1n) is 11.4. The number of benzene rings is 1. The van der Waals surface area contributed by atoms with Crippen molar-refractivity contribution in [3.8, 4) is 0 Å². The van der Waals surface area contributed by atoms with Crippen molar-refractivity contribution in [2.75, 3.05) is 10.6 Å². The zero-order valence-corrected chi connectivity index (χ0v) is 20.4. The molecule has 0 saturated heterocycles. The topological polar surface area (TPSA) is 140 Å². The maximum absolute atomic E-state index is 12.4. The normalized spacial score (nSPS) is 19.2. The monoisotopic (exact) mass is 471 g/mol. The molecule has 2 aromatic heterocycles. The lowest BCUT2D eigenvalue weighted by Crippen LogP contribution is -2.33. The summed E-state index contributed by atoms with van der Waals surface area (Å²) in [4.78, 5) is 4.93. The maximum Gasteiger partial charge on any atom is 0.240 e. The van der Waals surface area contributed by atoms with Gasteiger partial charge in [0.15, 0.2) is 5.65 Å². The van der Waals surface area contributed by atoms with Gasteiger partial charge in [-0.25, -0.2) is 18.5 Å². The molecule has 0 bridgehead atoms. The number of fused-ring (bicyclic) bond motifs is 1. The molecule has 0 aliphatic heterocycles. The van der Waals surface area contributed by atoms with Crippen LogP contribution in [0.2, 0.25) is 0 Å². The first-order valence-corrected chi connectivity index (χ1v) is 12.9. The number of hydrogen-bond acceptors (Lipinski definition) is 7. The molecule has 1 aliphatic carbocycles. The number of nitrogens with zero attached hydrogens (tertiary/aromatic N) is 3. The molecule has 2 heterocycles. The number of hydrogen-bond donors (Lipinski definition) is 4. The fourth-order valence-electron chi connectivity index (χ4n) is 4.42. The van der Waals surface area contributed by atoms with E-state index in [9.17, 15) is 8.42 Å². The van der Waals surface area contributed by atoms with E-state index >= 15 is 0 Å². The van der Waals surface area contributed by atoms with Gasteiger partial charge in [0.1, 0.15) is 16.5 Å². The maximum atomic E-state index is 12.4. The van der Waals surface area contributed by atoms with Crippen molar-refractivity contribution in [2.24, 2.45) is 10.9 Å². The molecule has 1 saturated carbocycles. The van der Waals surface area contributed by atoms with Crippen LogP contribution in [0.4, 0.5) is 17.3 Å². The summed E-state index contributed by atoms with van der Waals surface area (Å²) in [5.74, 6) is 1.55. The smallest absolute Gasteiger partial charge is 0.240 e. The second kappa shape index (κ2) is 8.92. The molecule has 1 fully saturated rings. The van der Waals surface area contributed by atoms with E-state index < -0.39 is 10.0 Å². The van der Waals surface area contributed by atoms with E-state index in [1.807, 2.05) is 25.3 Å². The van der Waals surface area contributed by atoms with E-state index in [0.29, 0.717) is 28.9 Å². The number of primary sulfonamides is 1. The average Bonchev–Trinajstić information content (AvgIpc) is 3.16. The summed E-state index contributed by atoms with van der Waals surface area (Å²) < 4.78 is 26.5. The Morgan fingerprint density at radius 3 is 2.48 bits per heavy atom. The Morgan fingerprint density at radius 1 is 1.15 bits per heavy atom. The second-order valence-electron chi connectivity index (χ2n) is 9.33. The zero-order chi connectivity index (χ0) is 23.9. The molecular formula is C23H33N7O2S. The molecule has 33 heavy (non-hydrogen) atoms. The molecule has 3 aromatic rings. The highest BCUT2D eigenvalue weighted by Crippen LogP contribution is 2.32. The summed E-state index contributed by atoms with van der Waals surface area (Å²) in [6, 6.07) is 6.02. The van der Waals surface area contributed by atoms with Crippen molar-refractivity contribution in [2.45, 2.75) is 76.3 Å². The molecule has 4 rings (SSSR count). The van der Waals surface area contributed by atoms with E-state index in [1.165, 1.54) is 0 Å². The first kappa shape index (κ1) is 23.5. The Morgan fingerprint density at radius 2 is 1.85 bits per heavy atom. The fraction of sp³-hybridized carbons (Fsp3) is 0.478. The van der Waals surface area contributed by atoms with Gasteiger partial charge in [0, 0.05) is 23.7 Å². The van der Waals surface area contributed by atoms with Gasteiger partial charge in [-0.3, -0.25) is 0 Å². The third-order valence-corrected chi connectivity index (χ3v) is 7.56. The van der Waals surface area contributed by atoms with Crippen LogP contribution in [0.1, 0.15) is 62.1 Å². The second-order valence-corrected chi connectivity index (χ2v) is 10.8. The van der Waals surface area contributed by atoms with E-state index in [0.717, 1.165) is 42.5 Å². The van der Waals surface area contributed by atoms with Crippen LogP contribution in [0, 0.1) is 13.8 Å². The van der Waals surface area contributed by atoms with Crippen molar-refractivity contribution in [3.63, 3.8) is 0 Å². The number of rotatable bonds is 6. The fourth-order valence-corrected chi connectivity index (χ4v) is 5.43. The zero-order valence-electron chi connectivity index (χ0n) is 19.6. The van der Waals surface area contributed by atoms with Crippen molar-refractivity contribution in [3.05, 3.63) is 41.1 Å². The minimum Gasteiger partial charge on any atom is -0.367 e. The van der Waals surface area contributed by atoms with Crippen LogP contribution in [0.15, 0.2) is 29.3 Å². The van der Waals surface area contributed by atoms with Crippen molar-refractivity contribution in [1.82, 2.24) is 14.6 Å². The lowest BCUT2D eigenvalue weighted by Gasteiger charge is -2.27. The number of anilines is 3. The summed E-state index contributed by atoms with van der Waals surface area (Å²) in [6.07, 6.45) is 5.74. The third-order valence-electron chi connectivity index (χ3n) is 6.47. The van der Waals surface area contributed by atoms with Crippen LogP contribution in [-0.4, -0.2) is 35.1 Å². The van der Waals surface area contributed by atoms with Gasteiger partial charge in [-0.1, -0.05) is 19.9 Å². The molecule has 0 atom stereocenters. The van der Waals surface area contributed by atoms with Crippen molar-refractivity contribution < 1.29 is 8.42 Å². The Labute approximate surface area is 195 Å². The lowest BCUT2D eigenvalue weighted by atomic mass is 9.92. The van der Waals surface area contributed by atoms with Gasteiger partial charge in [-0.15, -0.1) is 0 Å². The Hall–Kier alpha value is -2.69. The Bertz CT molecular complexity index is 1280. The van der Waals surface area contributed by atoms with Gasteiger partial charge < -0.3 is 16.4 Å².